The maximum Gasteiger partial charge on any atom is 0.182 e. The van der Waals surface area contributed by atoms with Gasteiger partial charge in [-0.15, -0.1) is 28.3 Å². The number of rotatable bonds is 3. The van der Waals surface area contributed by atoms with Crippen molar-refractivity contribution in [1.82, 2.24) is 4.57 Å². The highest BCUT2D eigenvalue weighted by molar-refractivity contribution is 8.93. The number of carbonyl (C=O) groups excluding carboxylic acids is 1. The molecule has 20 heavy (non-hydrogen) atoms. The molecule has 2 aromatic rings. The molecule has 0 radical (unpaired) electrons. The van der Waals surface area contributed by atoms with Crippen molar-refractivity contribution in [3.05, 3.63) is 51.3 Å². The summed E-state index contributed by atoms with van der Waals surface area (Å²) in [6.45, 7) is 0.300. The molecular weight excluding hydrogens is 336 g/mol. The van der Waals surface area contributed by atoms with E-state index in [1.54, 1.807) is 0 Å². The number of aromatic nitrogens is 1. The van der Waals surface area contributed by atoms with Gasteiger partial charge >= 0.3 is 0 Å². The molecule has 3 nitrogen and oxygen atoms in total. The average molecular weight is 353 g/mol. The second-order valence-corrected chi connectivity index (χ2v) is 5.94. The summed E-state index contributed by atoms with van der Waals surface area (Å²) >= 11 is 1.53. The Labute approximate surface area is 132 Å². The van der Waals surface area contributed by atoms with Crippen LogP contribution in [0.1, 0.15) is 33.8 Å². The smallest absolute Gasteiger partial charge is 0.182 e. The Balaban J connectivity index is 0.00000147. The van der Waals surface area contributed by atoms with Crippen LogP contribution in [0.2, 0.25) is 0 Å². The number of thiazole rings is 1. The molecule has 1 aliphatic carbocycles. The van der Waals surface area contributed by atoms with E-state index in [0.29, 0.717) is 11.3 Å². The van der Waals surface area contributed by atoms with Gasteiger partial charge < -0.3 is 4.57 Å². The molecule has 0 saturated carbocycles. The highest BCUT2D eigenvalue weighted by Gasteiger charge is 2.18. The van der Waals surface area contributed by atoms with Crippen molar-refractivity contribution in [2.24, 2.45) is 0 Å². The average Bonchev–Trinajstić information content (AvgIpc) is 2.76. The Morgan fingerprint density at radius 2 is 1.90 bits per heavy atom. The third-order valence-electron chi connectivity index (χ3n) is 3.58. The van der Waals surface area contributed by atoms with Crippen LogP contribution in [0.25, 0.3) is 0 Å². The van der Waals surface area contributed by atoms with E-state index in [1.165, 1.54) is 34.7 Å². The lowest BCUT2D eigenvalue weighted by atomic mass is 10.0. The van der Waals surface area contributed by atoms with Gasteiger partial charge in [0, 0.05) is 16.1 Å². The zero-order valence-electron chi connectivity index (χ0n) is 11.1. The van der Waals surface area contributed by atoms with Gasteiger partial charge in [0.2, 0.25) is 0 Å². The molecular formula is C15H17BrN2OS. The van der Waals surface area contributed by atoms with E-state index < -0.39 is 0 Å². The van der Waals surface area contributed by atoms with Crippen molar-refractivity contribution in [2.45, 2.75) is 32.2 Å². The fourth-order valence-corrected chi connectivity index (χ4v) is 3.67. The molecule has 0 atom stereocenters. The van der Waals surface area contributed by atoms with Gasteiger partial charge in [0.15, 0.2) is 10.6 Å². The Hall–Kier alpha value is -1.20. The van der Waals surface area contributed by atoms with Crippen molar-refractivity contribution < 1.29 is 4.79 Å². The predicted octanol–water partition coefficient (Wildman–Crippen LogP) is 3.37. The zero-order valence-corrected chi connectivity index (χ0v) is 13.6. The Kier molecular flexibility index (Phi) is 4.94. The number of carbonyl (C=O) groups is 1. The van der Waals surface area contributed by atoms with E-state index in [4.69, 9.17) is 5.41 Å². The van der Waals surface area contributed by atoms with Gasteiger partial charge in [-0.05, 0) is 25.7 Å². The summed E-state index contributed by atoms with van der Waals surface area (Å²) in [4.78, 5) is 14.1. The van der Waals surface area contributed by atoms with Crippen LogP contribution >= 0.6 is 28.3 Å². The van der Waals surface area contributed by atoms with Crippen molar-refractivity contribution in [1.29, 1.82) is 5.41 Å². The second kappa shape index (κ2) is 6.50. The normalized spacial score (nSPS) is 13.4. The molecule has 106 valence electrons. The number of hydrogen-bond donors (Lipinski definition) is 1. The van der Waals surface area contributed by atoms with Crippen LogP contribution in [0.3, 0.4) is 0 Å². The summed E-state index contributed by atoms with van der Waals surface area (Å²) in [5, 5.41) is 8.05. The number of hydrogen-bond acceptors (Lipinski definition) is 3. The minimum atomic E-state index is 0. The van der Waals surface area contributed by atoms with Crippen LogP contribution < -0.4 is 4.80 Å². The highest BCUT2D eigenvalue weighted by Crippen LogP contribution is 2.23. The van der Waals surface area contributed by atoms with E-state index in [1.807, 2.05) is 34.9 Å². The summed E-state index contributed by atoms with van der Waals surface area (Å²) in [6.07, 6.45) is 4.45. The number of ketones is 1. The maximum atomic E-state index is 12.3. The number of fused-ring (bicyclic) bond motifs is 1. The number of halogens is 1. The van der Waals surface area contributed by atoms with Gasteiger partial charge in [-0.3, -0.25) is 10.2 Å². The van der Waals surface area contributed by atoms with E-state index in [2.05, 4.69) is 0 Å². The first-order valence-corrected chi connectivity index (χ1v) is 7.41. The third-order valence-corrected chi connectivity index (χ3v) is 4.68. The van der Waals surface area contributed by atoms with Crippen LogP contribution in [0.5, 0.6) is 0 Å². The van der Waals surface area contributed by atoms with Gasteiger partial charge in [-0.1, -0.05) is 30.3 Å². The van der Waals surface area contributed by atoms with Gasteiger partial charge in [0.1, 0.15) is 0 Å². The quantitative estimate of drug-likeness (QED) is 0.845. The summed E-state index contributed by atoms with van der Waals surface area (Å²) < 4.78 is 1.90. The standard InChI is InChI=1S/C15H16N2OS.BrH/c16-15-17(12-8-4-5-9-14(12)19-15)10-13(18)11-6-2-1-3-7-11;/h1-3,6-7,16H,4-5,8-10H2;1H. The van der Waals surface area contributed by atoms with Crippen LogP contribution in [-0.2, 0) is 19.4 Å². The van der Waals surface area contributed by atoms with Gasteiger partial charge in [0.05, 0.1) is 6.54 Å². The topological polar surface area (TPSA) is 45.9 Å². The fourth-order valence-electron chi connectivity index (χ4n) is 2.58. The van der Waals surface area contributed by atoms with Crippen molar-refractivity contribution in [3.8, 4) is 0 Å². The van der Waals surface area contributed by atoms with Crippen LogP contribution in [-0.4, -0.2) is 10.4 Å². The Morgan fingerprint density at radius 3 is 2.65 bits per heavy atom. The van der Waals surface area contributed by atoms with Crippen molar-refractivity contribution in [3.63, 3.8) is 0 Å². The first kappa shape index (κ1) is 15.2. The molecule has 1 heterocycles. The molecule has 1 N–H and O–H groups in total. The summed E-state index contributed by atoms with van der Waals surface area (Å²) in [6, 6.07) is 9.34. The second-order valence-electron chi connectivity index (χ2n) is 4.86. The Morgan fingerprint density at radius 1 is 1.20 bits per heavy atom. The lowest BCUT2D eigenvalue weighted by Crippen LogP contribution is -2.22. The molecule has 1 aliphatic rings. The van der Waals surface area contributed by atoms with Gasteiger partial charge in [-0.2, -0.15) is 0 Å². The number of Topliss-reactive ketones (excluding diaryl/α,β-unsaturated/α-hetero) is 1. The third kappa shape index (κ3) is 2.94. The fraction of sp³-hybridized carbons (Fsp3) is 0.333. The first-order valence-electron chi connectivity index (χ1n) is 6.60. The van der Waals surface area contributed by atoms with Gasteiger partial charge in [0.25, 0.3) is 0 Å². The molecule has 0 unspecified atom stereocenters. The Bertz CT molecular complexity index is 660. The molecule has 0 aliphatic heterocycles. The lowest BCUT2D eigenvalue weighted by molar-refractivity contribution is 0.0969. The highest BCUT2D eigenvalue weighted by atomic mass is 79.9. The lowest BCUT2D eigenvalue weighted by Gasteiger charge is -2.14. The SMILES string of the molecule is Br.N=c1sc2c(n1CC(=O)c1ccccc1)CCCC2. The van der Waals surface area contributed by atoms with E-state index >= 15 is 0 Å². The summed E-state index contributed by atoms with van der Waals surface area (Å²) in [5.74, 6) is 0.0882. The van der Waals surface area contributed by atoms with Crippen LogP contribution in [0.4, 0.5) is 0 Å². The minimum absolute atomic E-state index is 0. The molecule has 1 aromatic carbocycles. The molecule has 0 amide bonds. The van der Waals surface area contributed by atoms with Crippen molar-refractivity contribution in [2.75, 3.05) is 0 Å². The van der Waals surface area contributed by atoms with E-state index in [-0.39, 0.29) is 22.8 Å². The van der Waals surface area contributed by atoms with Crippen molar-refractivity contribution >= 4 is 34.1 Å². The number of benzene rings is 1. The maximum absolute atomic E-state index is 12.3. The zero-order chi connectivity index (χ0) is 13.2. The summed E-state index contributed by atoms with van der Waals surface area (Å²) in [7, 11) is 0. The van der Waals surface area contributed by atoms with Crippen LogP contribution in [0, 0.1) is 5.41 Å². The molecule has 0 spiro atoms. The number of aryl methyl sites for hydroxylation is 1. The first-order chi connectivity index (χ1) is 9.25. The molecule has 0 saturated heterocycles. The number of nitrogens with zero attached hydrogens (tertiary/aromatic N) is 1. The van der Waals surface area contributed by atoms with Crippen LogP contribution in [0.15, 0.2) is 30.3 Å². The molecule has 0 fully saturated rings. The predicted molar refractivity (Wildman–Crippen MR) is 85.9 cm³/mol. The molecule has 5 heteroatoms. The minimum Gasteiger partial charge on any atom is -0.313 e. The molecule has 0 bridgehead atoms. The van der Waals surface area contributed by atoms with Gasteiger partial charge in [-0.25, -0.2) is 0 Å². The van der Waals surface area contributed by atoms with E-state index in [9.17, 15) is 4.79 Å². The summed E-state index contributed by atoms with van der Waals surface area (Å²) in [5.41, 5.74) is 1.94. The largest absolute Gasteiger partial charge is 0.313 e. The number of nitrogens with one attached hydrogen (secondary N) is 1. The molecule has 3 rings (SSSR count). The monoisotopic (exact) mass is 352 g/mol. The van der Waals surface area contributed by atoms with E-state index in [0.717, 1.165) is 18.4 Å². The molecule has 1 aromatic heterocycles.